The number of methoxy groups -OCH3 is 1. The van der Waals surface area contributed by atoms with Crippen LogP contribution in [0.3, 0.4) is 0 Å². The van der Waals surface area contributed by atoms with Crippen LogP contribution < -0.4 is 5.32 Å². The Bertz CT molecular complexity index is 509. The number of nitrogens with one attached hydrogen (secondary N) is 2. The van der Waals surface area contributed by atoms with E-state index in [2.05, 4.69) is 27.4 Å². The van der Waals surface area contributed by atoms with Crippen molar-refractivity contribution in [2.45, 2.75) is 19.9 Å². The number of benzene rings is 1. The van der Waals surface area contributed by atoms with Gasteiger partial charge >= 0.3 is 0 Å². The van der Waals surface area contributed by atoms with Gasteiger partial charge in [0.25, 0.3) is 0 Å². The van der Waals surface area contributed by atoms with E-state index >= 15 is 0 Å². The second kappa shape index (κ2) is 5.64. The highest BCUT2D eigenvalue weighted by Crippen LogP contribution is 2.19. The van der Waals surface area contributed by atoms with Crippen LogP contribution in [0.2, 0.25) is 0 Å². The van der Waals surface area contributed by atoms with Crippen molar-refractivity contribution in [2.24, 2.45) is 0 Å². The molecule has 0 aliphatic heterocycles. The predicted octanol–water partition coefficient (Wildman–Crippen LogP) is 2.23. The summed E-state index contributed by atoms with van der Waals surface area (Å²) in [4.78, 5) is 4.32. The molecule has 2 N–H and O–H groups in total. The Morgan fingerprint density at radius 2 is 2.28 bits per heavy atom. The van der Waals surface area contributed by atoms with Gasteiger partial charge in [0.2, 0.25) is 0 Å². The third-order valence-corrected chi connectivity index (χ3v) is 2.55. The molecular formula is C13H18N4O. The molecular weight excluding hydrogens is 228 g/mol. The molecule has 96 valence electrons. The van der Waals surface area contributed by atoms with E-state index in [0.29, 0.717) is 6.61 Å². The molecule has 2 aromatic rings. The molecule has 5 nitrogen and oxygen atoms in total. The summed E-state index contributed by atoms with van der Waals surface area (Å²) < 4.78 is 5.10. The topological polar surface area (TPSA) is 62.8 Å². The van der Waals surface area contributed by atoms with Crippen molar-refractivity contribution in [2.75, 3.05) is 19.0 Å². The number of hydrogen-bond acceptors (Lipinski definition) is 4. The minimum absolute atomic E-state index is 0.263. The Balaban J connectivity index is 2.15. The Morgan fingerprint density at radius 3 is 2.94 bits per heavy atom. The van der Waals surface area contributed by atoms with Crippen LogP contribution in [-0.4, -0.2) is 34.9 Å². The number of aromatic nitrogens is 3. The molecule has 18 heavy (non-hydrogen) atoms. The van der Waals surface area contributed by atoms with Gasteiger partial charge in [0.1, 0.15) is 5.82 Å². The Labute approximate surface area is 107 Å². The molecule has 2 rings (SSSR count). The van der Waals surface area contributed by atoms with E-state index in [4.69, 9.17) is 4.74 Å². The number of aryl methyl sites for hydroxylation is 1. The quantitative estimate of drug-likeness (QED) is 0.849. The fraction of sp³-hybridized carbons (Fsp3) is 0.385. The number of rotatable bonds is 5. The molecule has 0 bridgehead atoms. The molecule has 0 aliphatic rings. The largest absolute Gasteiger partial charge is 0.383 e. The number of nitrogens with zero attached hydrogens (tertiary/aromatic N) is 2. The monoisotopic (exact) mass is 246 g/mol. The van der Waals surface area contributed by atoms with Crippen LogP contribution in [0.1, 0.15) is 12.7 Å². The van der Waals surface area contributed by atoms with Gasteiger partial charge in [-0.15, -0.1) is 0 Å². The zero-order valence-corrected chi connectivity index (χ0v) is 10.9. The average molecular weight is 246 g/mol. The molecule has 0 saturated carbocycles. The molecule has 5 heteroatoms. The molecule has 0 radical (unpaired) electrons. The Kier molecular flexibility index (Phi) is 3.94. The second-order valence-electron chi connectivity index (χ2n) is 4.33. The normalized spacial score (nSPS) is 12.4. The van der Waals surface area contributed by atoms with Crippen LogP contribution in [0.4, 0.5) is 5.69 Å². The van der Waals surface area contributed by atoms with Crippen molar-refractivity contribution < 1.29 is 4.74 Å². The maximum atomic E-state index is 5.10. The van der Waals surface area contributed by atoms with Gasteiger partial charge in [-0.1, -0.05) is 12.1 Å². The summed E-state index contributed by atoms with van der Waals surface area (Å²) in [5.74, 6) is 1.53. The van der Waals surface area contributed by atoms with Gasteiger partial charge in [-0.25, -0.2) is 4.98 Å². The summed E-state index contributed by atoms with van der Waals surface area (Å²) in [5, 5.41) is 10.4. The van der Waals surface area contributed by atoms with Gasteiger partial charge in [-0.3, -0.25) is 5.10 Å². The molecule has 1 aromatic heterocycles. The number of anilines is 1. The number of aromatic amines is 1. The summed E-state index contributed by atoms with van der Waals surface area (Å²) in [5.41, 5.74) is 2.04. The van der Waals surface area contributed by atoms with Crippen LogP contribution in [0.15, 0.2) is 24.3 Å². The molecule has 0 fully saturated rings. The van der Waals surface area contributed by atoms with Crippen LogP contribution in [0.25, 0.3) is 11.4 Å². The maximum Gasteiger partial charge on any atom is 0.181 e. The standard InChI is InChI=1S/C13H18N4O/c1-9(8-18-3)14-12-6-4-5-11(7-12)13-15-10(2)16-17-13/h4-7,9,14H,8H2,1-3H3,(H,15,16,17)/t9-/m1/s1. The van der Waals surface area contributed by atoms with E-state index in [1.807, 2.05) is 31.2 Å². The molecule has 0 saturated heterocycles. The van der Waals surface area contributed by atoms with Crippen molar-refractivity contribution >= 4 is 5.69 Å². The molecule has 1 atom stereocenters. The van der Waals surface area contributed by atoms with Crippen molar-refractivity contribution in [1.29, 1.82) is 0 Å². The zero-order valence-electron chi connectivity index (χ0n) is 10.9. The fourth-order valence-electron chi connectivity index (χ4n) is 1.80. The molecule has 0 spiro atoms. The van der Waals surface area contributed by atoms with E-state index in [-0.39, 0.29) is 6.04 Å². The number of ether oxygens (including phenoxy) is 1. The molecule has 1 heterocycles. The SMILES string of the molecule is COC[C@@H](C)Nc1cccc(-c2n[nH]c(C)n2)c1. The lowest BCUT2D eigenvalue weighted by molar-refractivity contribution is 0.190. The third kappa shape index (κ3) is 3.07. The van der Waals surface area contributed by atoms with E-state index in [9.17, 15) is 0 Å². The first-order valence-corrected chi connectivity index (χ1v) is 5.94. The van der Waals surface area contributed by atoms with Gasteiger partial charge in [-0.2, -0.15) is 5.10 Å². The summed E-state index contributed by atoms with van der Waals surface area (Å²) in [6, 6.07) is 8.31. The van der Waals surface area contributed by atoms with Crippen LogP contribution in [0.5, 0.6) is 0 Å². The lowest BCUT2D eigenvalue weighted by Gasteiger charge is -2.14. The Morgan fingerprint density at radius 1 is 1.44 bits per heavy atom. The molecule has 1 aromatic carbocycles. The summed E-state index contributed by atoms with van der Waals surface area (Å²) >= 11 is 0. The maximum absolute atomic E-state index is 5.10. The highest BCUT2D eigenvalue weighted by molar-refractivity contribution is 5.62. The van der Waals surface area contributed by atoms with Gasteiger partial charge in [0.05, 0.1) is 6.61 Å². The van der Waals surface area contributed by atoms with Crippen molar-refractivity contribution in [3.8, 4) is 11.4 Å². The summed E-state index contributed by atoms with van der Waals surface area (Å²) in [6.07, 6.45) is 0. The number of hydrogen-bond donors (Lipinski definition) is 2. The lowest BCUT2D eigenvalue weighted by Crippen LogP contribution is -2.20. The van der Waals surface area contributed by atoms with E-state index in [0.717, 1.165) is 22.9 Å². The molecule has 0 amide bonds. The second-order valence-corrected chi connectivity index (χ2v) is 4.33. The summed E-state index contributed by atoms with van der Waals surface area (Å²) in [6.45, 7) is 4.64. The van der Waals surface area contributed by atoms with Gasteiger partial charge in [-0.05, 0) is 26.0 Å². The third-order valence-electron chi connectivity index (χ3n) is 2.55. The van der Waals surface area contributed by atoms with E-state index < -0.39 is 0 Å². The van der Waals surface area contributed by atoms with Gasteiger partial charge < -0.3 is 10.1 Å². The van der Waals surface area contributed by atoms with Crippen molar-refractivity contribution in [3.63, 3.8) is 0 Å². The van der Waals surface area contributed by atoms with Crippen LogP contribution in [-0.2, 0) is 4.74 Å². The predicted molar refractivity (Wildman–Crippen MR) is 71.5 cm³/mol. The number of H-pyrrole nitrogens is 1. The first-order chi connectivity index (χ1) is 8.69. The van der Waals surface area contributed by atoms with E-state index in [1.54, 1.807) is 7.11 Å². The fourth-order valence-corrected chi connectivity index (χ4v) is 1.80. The van der Waals surface area contributed by atoms with Crippen molar-refractivity contribution in [1.82, 2.24) is 15.2 Å². The van der Waals surface area contributed by atoms with E-state index in [1.165, 1.54) is 0 Å². The highest BCUT2D eigenvalue weighted by atomic mass is 16.5. The zero-order chi connectivity index (χ0) is 13.0. The first kappa shape index (κ1) is 12.6. The lowest BCUT2D eigenvalue weighted by atomic mass is 10.2. The molecule has 0 aliphatic carbocycles. The van der Waals surface area contributed by atoms with Gasteiger partial charge in [0, 0.05) is 24.4 Å². The highest BCUT2D eigenvalue weighted by Gasteiger charge is 2.06. The minimum Gasteiger partial charge on any atom is -0.383 e. The molecule has 0 unspecified atom stereocenters. The first-order valence-electron chi connectivity index (χ1n) is 5.94. The van der Waals surface area contributed by atoms with Crippen LogP contribution in [0, 0.1) is 6.92 Å². The minimum atomic E-state index is 0.263. The van der Waals surface area contributed by atoms with Crippen molar-refractivity contribution in [3.05, 3.63) is 30.1 Å². The smallest absolute Gasteiger partial charge is 0.181 e. The van der Waals surface area contributed by atoms with Gasteiger partial charge in [0.15, 0.2) is 5.82 Å². The average Bonchev–Trinajstić information content (AvgIpc) is 2.76. The Hall–Kier alpha value is -1.88. The van der Waals surface area contributed by atoms with Crippen LogP contribution >= 0.6 is 0 Å². The summed E-state index contributed by atoms with van der Waals surface area (Å²) in [7, 11) is 1.70.